The van der Waals surface area contributed by atoms with Crippen molar-refractivity contribution < 1.29 is 0 Å². The van der Waals surface area contributed by atoms with Crippen molar-refractivity contribution in [3.05, 3.63) is 28.5 Å². The summed E-state index contributed by atoms with van der Waals surface area (Å²) in [5.74, 6) is 0. The van der Waals surface area contributed by atoms with Gasteiger partial charge in [-0.2, -0.15) is 0 Å². The Kier molecular flexibility index (Phi) is 3.35. The molecule has 3 nitrogen and oxygen atoms in total. The summed E-state index contributed by atoms with van der Waals surface area (Å²) in [6.45, 7) is 5.25. The van der Waals surface area contributed by atoms with E-state index in [0.29, 0.717) is 6.04 Å². The van der Waals surface area contributed by atoms with E-state index in [2.05, 4.69) is 60.6 Å². The molecule has 0 aliphatic rings. The van der Waals surface area contributed by atoms with E-state index in [9.17, 15) is 0 Å². The number of imidazole rings is 1. The lowest BCUT2D eigenvalue weighted by molar-refractivity contribution is 0.285. The number of rotatable bonds is 3. The Hall–Kier alpha value is -1.13. The number of aryl methyl sites for hydroxylation is 1. The van der Waals surface area contributed by atoms with E-state index in [0.717, 1.165) is 16.8 Å². The molecule has 1 N–H and O–H groups in total. The second-order valence-electron chi connectivity index (χ2n) is 4.82. The summed E-state index contributed by atoms with van der Waals surface area (Å²) >= 11 is 5.41. The average molecular weight is 249 g/mol. The number of aromatic nitrogens is 2. The third-order valence-electron chi connectivity index (χ3n) is 3.32. The molecule has 0 aliphatic carbocycles. The van der Waals surface area contributed by atoms with Crippen LogP contribution in [0.4, 0.5) is 0 Å². The SMILES string of the molecule is Cc1cccc2[nH]c(=S)n(CC(C)N(C)C)c12. The minimum Gasteiger partial charge on any atom is -0.331 e. The Bertz CT molecular complexity index is 580. The summed E-state index contributed by atoms with van der Waals surface area (Å²) < 4.78 is 3.01. The molecule has 0 saturated carbocycles. The summed E-state index contributed by atoms with van der Waals surface area (Å²) in [7, 11) is 4.19. The van der Waals surface area contributed by atoms with Crippen molar-refractivity contribution in [2.45, 2.75) is 26.4 Å². The molecule has 0 amide bonds. The lowest BCUT2D eigenvalue weighted by atomic mass is 10.2. The van der Waals surface area contributed by atoms with Gasteiger partial charge in [-0.25, -0.2) is 0 Å². The summed E-state index contributed by atoms with van der Waals surface area (Å²) in [4.78, 5) is 5.48. The fraction of sp³-hybridized carbons (Fsp3) is 0.462. The zero-order chi connectivity index (χ0) is 12.6. The van der Waals surface area contributed by atoms with Gasteiger partial charge in [0.15, 0.2) is 4.77 Å². The number of likely N-dealkylation sites (N-methyl/N-ethyl adjacent to an activating group) is 1. The molecular formula is C13H19N3S. The number of H-pyrrole nitrogens is 1. The van der Waals surface area contributed by atoms with E-state index in [4.69, 9.17) is 12.2 Å². The highest BCUT2D eigenvalue weighted by molar-refractivity contribution is 7.71. The van der Waals surface area contributed by atoms with E-state index in [1.807, 2.05) is 0 Å². The maximum absolute atomic E-state index is 5.41. The molecule has 0 fully saturated rings. The molecule has 1 aromatic heterocycles. The Morgan fingerprint density at radius 1 is 1.41 bits per heavy atom. The van der Waals surface area contributed by atoms with E-state index < -0.39 is 0 Å². The van der Waals surface area contributed by atoms with Gasteiger partial charge in [-0.1, -0.05) is 12.1 Å². The van der Waals surface area contributed by atoms with Crippen LogP contribution in [0.5, 0.6) is 0 Å². The van der Waals surface area contributed by atoms with Gasteiger partial charge in [0.25, 0.3) is 0 Å². The number of hydrogen-bond acceptors (Lipinski definition) is 2. The third kappa shape index (κ3) is 2.28. The van der Waals surface area contributed by atoms with Crippen molar-refractivity contribution in [1.82, 2.24) is 14.5 Å². The minimum atomic E-state index is 0.459. The largest absolute Gasteiger partial charge is 0.331 e. The predicted molar refractivity (Wildman–Crippen MR) is 75.0 cm³/mol. The number of nitrogens with zero attached hydrogens (tertiary/aromatic N) is 2. The number of benzene rings is 1. The molecule has 1 atom stereocenters. The smallest absolute Gasteiger partial charge is 0.178 e. The number of nitrogens with one attached hydrogen (secondary N) is 1. The van der Waals surface area contributed by atoms with Crippen LogP contribution >= 0.6 is 12.2 Å². The lowest BCUT2D eigenvalue weighted by Crippen LogP contribution is -2.29. The molecule has 4 heteroatoms. The zero-order valence-corrected chi connectivity index (χ0v) is 11.6. The number of aromatic amines is 1. The normalized spacial score (nSPS) is 13.5. The fourth-order valence-electron chi connectivity index (χ4n) is 2.00. The van der Waals surface area contributed by atoms with Gasteiger partial charge in [-0.15, -0.1) is 0 Å². The van der Waals surface area contributed by atoms with Crippen molar-refractivity contribution in [2.24, 2.45) is 0 Å². The molecule has 2 aromatic rings. The Balaban J connectivity index is 2.53. The summed E-state index contributed by atoms with van der Waals surface area (Å²) in [5.41, 5.74) is 3.62. The fourth-order valence-corrected chi connectivity index (χ4v) is 2.28. The molecule has 1 heterocycles. The lowest BCUT2D eigenvalue weighted by Gasteiger charge is -2.20. The van der Waals surface area contributed by atoms with Gasteiger partial charge in [-0.3, -0.25) is 0 Å². The van der Waals surface area contributed by atoms with Crippen LogP contribution in [0.15, 0.2) is 18.2 Å². The van der Waals surface area contributed by atoms with Crippen molar-refractivity contribution in [2.75, 3.05) is 14.1 Å². The Morgan fingerprint density at radius 2 is 2.12 bits per heavy atom. The van der Waals surface area contributed by atoms with Gasteiger partial charge in [0.05, 0.1) is 11.0 Å². The minimum absolute atomic E-state index is 0.459. The number of hydrogen-bond donors (Lipinski definition) is 1. The van der Waals surface area contributed by atoms with E-state index >= 15 is 0 Å². The van der Waals surface area contributed by atoms with Gasteiger partial charge in [-0.05, 0) is 51.8 Å². The van der Waals surface area contributed by atoms with Crippen LogP contribution in [0, 0.1) is 11.7 Å². The molecule has 1 aromatic carbocycles. The van der Waals surface area contributed by atoms with Crippen LogP contribution in [-0.2, 0) is 6.54 Å². The maximum Gasteiger partial charge on any atom is 0.178 e. The van der Waals surface area contributed by atoms with Gasteiger partial charge in [0.2, 0.25) is 0 Å². The molecular weight excluding hydrogens is 230 g/mol. The molecule has 0 radical (unpaired) electrons. The maximum atomic E-state index is 5.41. The third-order valence-corrected chi connectivity index (χ3v) is 3.65. The molecule has 17 heavy (non-hydrogen) atoms. The standard InChI is InChI=1S/C13H19N3S/c1-9-6-5-7-11-12(9)16(13(17)14-11)8-10(2)15(3)4/h5-7,10H,8H2,1-4H3,(H,14,17). The van der Waals surface area contributed by atoms with Gasteiger partial charge in [0, 0.05) is 12.6 Å². The van der Waals surface area contributed by atoms with Crippen molar-refractivity contribution >= 4 is 23.3 Å². The molecule has 0 saturated heterocycles. The monoisotopic (exact) mass is 249 g/mol. The summed E-state index contributed by atoms with van der Waals surface area (Å²) in [5, 5.41) is 0. The van der Waals surface area contributed by atoms with E-state index in [1.165, 1.54) is 11.1 Å². The Labute approximate surface area is 107 Å². The van der Waals surface area contributed by atoms with Crippen molar-refractivity contribution in [3.63, 3.8) is 0 Å². The summed E-state index contributed by atoms with van der Waals surface area (Å²) in [6.07, 6.45) is 0. The molecule has 92 valence electrons. The molecule has 2 rings (SSSR count). The Morgan fingerprint density at radius 3 is 2.76 bits per heavy atom. The topological polar surface area (TPSA) is 24.0 Å². The quantitative estimate of drug-likeness (QED) is 0.846. The molecule has 0 aliphatic heterocycles. The van der Waals surface area contributed by atoms with Gasteiger partial charge >= 0.3 is 0 Å². The average Bonchev–Trinajstić information content (AvgIpc) is 2.56. The number of fused-ring (bicyclic) bond motifs is 1. The second-order valence-corrected chi connectivity index (χ2v) is 5.21. The second kappa shape index (κ2) is 4.63. The first-order valence-electron chi connectivity index (χ1n) is 5.85. The molecule has 0 spiro atoms. The van der Waals surface area contributed by atoms with Crippen LogP contribution in [0.1, 0.15) is 12.5 Å². The molecule has 1 unspecified atom stereocenters. The first-order chi connectivity index (χ1) is 8.00. The zero-order valence-electron chi connectivity index (χ0n) is 10.8. The highest BCUT2D eigenvalue weighted by atomic mass is 32.1. The number of para-hydroxylation sites is 1. The van der Waals surface area contributed by atoms with Crippen LogP contribution < -0.4 is 0 Å². The molecule has 0 bridgehead atoms. The first-order valence-corrected chi connectivity index (χ1v) is 6.26. The highest BCUT2D eigenvalue weighted by Gasteiger charge is 2.11. The van der Waals surface area contributed by atoms with E-state index in [-0.39, 0.29) is 0 Å². The van der Waals surface area contributed by atoms with Crippen LogP contribution in [0.25, 0.3) is 11.0 Å². The van der Waals surface area contributed by atoms with Gasteiger partial charge in [0.1, 0.15) is 0 Å². The van der Waals surface area contributed by atoms with E-state index in [1.54, 1.807) is 0 Å². The van der Waals surface area contributed by atoms with Crippen LogP contribution in [0.3, 0.4) is 0 Å². The first kappa shape index (κ1) is 12.3. The van der Waals surface area contributed by atoms with Gasteiger partial charge < -0.3 is 14.5 Å². The van der Waals surface area contributed by atoms with Crippen molar-refractivity contribution in [1.29, 1.82) is 0 Å². The summed E-state index contributed by atoms with van der Waals surface area (Å²) in [6, 6.07) is 6.72. The van der Waals surface area contributed by atoms with Crippen LogP contribution in [0.2, 0.25) is 0 Å². The predicted octanol–water partition coefficient (Wildman–Crippen LogP) is 2.96. The van der Waals surface area contributed by atoms with Crippen LogP contribution in [-0.4, -0.2) is 34.6 Å². The highest BCUT2D eigenvalue weighted by Crippen LogP contribution is 2.19. The van der Waals surface area contributed by atoms with Crippen molar-refractivity contribution in [3.8, 4) is 0 Å².